The molecule has 0 aliphatic rings. The topological polar surface area (TPSA) is 68.6 Å². The second kappa shape index (κ2) is 8.63. The quantitative estimate of drug-likeness (QED) is 0.701. The molecule has 1 aromatic carbocycles. The van der Waals surface area contributed by atoms with Crippen LogP contribution < -0.4 is 11.4 Å². The molecule has 3 aromatic rings. The fourth-order valence-corrected chi connectivity index (χ4v) is 2.64. The molecule has 0 unspecified atom stereocenters. The van der Waals surface area contributed by atoms with Gasteiger partial charge in [0.1, 0.15) is 0 Å². The molecule has 7 heteroatoms. The molecule has 0 atom stereocenters. The molecule has 0 aliphatic heterocycles. The van der Waals surface area contributed by atoms with E-state index in [-0.39, 0.29) is 18.1 Å². The van der Waals surface area contributed by atoms with Crippen LogP contribution in [0.1, 0.15) is 5.56 Å². The summed E-state index contributed by atoms with van der Waals surface area (Å²) in [7, 11) is 0. The third-order valence-electron chi connectivity index (χ3n) is 3.81. The summed E-state index contributed by atoms with van der Waals surface area (Å²) in [6.07, 6.45) is 1.74. The van der Waals surface area contributed by atoms with Crippen molar-refractivity contribution in [3.05, 3.63) is 70.8 Å². The van der Waals surface area contributed by atoms with E-state index in [2.05, 4.69) is 22.1 Å². The number of nitrogens with two attached hydrogens (primary N) is 1. The SMILES string of the molecule is Cl.NCCN(CCn1nc2ccccn2c1=O)Cc1ccccc1. The number of hydrogen-bond acceptors (Lipinski definition) is 4. The standard InChI is InChI=1S/C17H21N5O.ClH/c18-9-11-20(14-15-6-2-1-3-7-15)12-13-22-17(23)21-10-5-4-8-16(21)19-22;/h1-8,10H,9,11-14,18H2;1H. The van der Waals surface area contributed by atoms with Crippen molar-refractivity contribution in [1.29, 1.82) is 0 Å². The van der Waals surface area contributed by atoms with E-state index < -0.39 is 0 Å². The van der Waals surface area contributed by atoms with Crippen LogP contribution in [0.2, 0.25) is 0 Å². The van der Waals surface area contributed by atoms with Gasteiger partial charge in [0.05, 0.1) is 6.54 Å². The van der Waals surface area contributed by atoms with Crippen LogP contribution >= 0.6 is 12.4 Å². The Morgan fingerprint density at radius 3 is 2.50 bits per heavy atom. The molecule has 3 rings (SSSR count). The number of fused-ring (bicyclic) bond motifs is 1. The zero-order valence-corrected chi connectivity index (χ0v) is 14.2. The summed E-state index contributed by atoms with van der Waals surface area (Å²) in [6.45, 7) is 3.48. The number of halogens is 1. The maximum atomic E-state index is 12.3. The molecule has 0 amide bonds. The van der Waals surface area contributed by atoms with Crippen LogP contribution in [0.3, 0.4) is 0 Å². The van der Waals surface area contributed by atoms with Gasteiger partial charge in [0, 0.05) is 32.4 Å². The maximum Gasteiger partial charge on any atom is 0.350 e. The van der Waals surface area contributed by atoms with Crippen LogP contribution in [-0.2, 0) is 13.1 Å². The highest BCUT2D eigenvalue weighted by Crippen LogP contribution is 2.04. The van der Waals surface area contributed by atoms with Crippen molar-refractivity contribution in [2.75, 3.05) is 19.6 Å². The fourth-order valence-electron chi connectivity index (χ4n) is 2.64. The highest BCUT2D eigenvalue weighted by Gasteiger charge is 2.09. The molecule has 24 heavy (non-hydrogen) atoms. The zero-order valence-electron chi connectivity index (χ0n) is 13.4. The molecule has 6 nitrogen and oxygen atoms in total. The number of rotatable bonds is 7. The smallest absolute Gasteiger partial charge is 0.329 e. The van der Waals surface area contributed by atoms with E-state index in [4.69, 9.17) is 5.73 Å². The molecule has 2 aromatic heterocycles. The Bertz CT molecular complexity index is 814. The van der Waals surface area contributed by atoms with E-state index >= 15 is 0 Å². The van der Waals surface area contributed by atoms with Crippen LogP contribution in [0.15, 0.2) is 59.5 Å². The summed E-state index contributed by atoms with van der Waals surface area (Å²) in [5, 5.41) is 4.36. The van der Waals surface area contributed by atoms with Gasteiger partial charge >= 0.3 is 5.69 Å². The molecule has 2 N–H and O–H groups in total. The highest BCUT2D eigenvalue weighted by molar-refractivity contribution is 5.85. The van der Waals surface area contributed by atoms with Crippen molar-refractivity contribution in [2.24, 2.45) is 5.73 Å². The molecule has 2 heterocycles. The molecule has 0 saturated heterocycles. The average molecular weight is 348 g/mol. The predicted molar refractivity (Wildman–Crippen MR) is 97.5 cm³/mol. The van der Waals surface area contributed by atoms with E-state index in [0.29, 0.717) is 18.7 Å². The monoisotopic (exact) mass is 347 g/mol. The summed E-state index contributed by atoms with van der Waals surface area (Å²) in [4.78, 5) is 14.5. The molecule has 0 radical (unpaired) electrons. The average Bonchev–Trinajstić information content (AvgIpc) is 2.90. The van der Waals surface area contributed by atoms with Crippen molar-refractivity contribution in [2.45, 2.75) is 13.1 Å². The van der Waals surface area contributed by atoms with Gasteiger partial charge in [0.2, 0.25) is 0 Å². The normalized spacial score (nSPS) is 10.9. The van der Waals surface area contributed by atoms with E-state index in [9.17, 15) is 4.79 Å². The van der Waals surface area contributed by atoms with Crippen molar-refractivity contribution in [3.63, 3.8) is 0 Å². The van der Waals surface area contributed by atoms with Crippen molar-refractivity contribution < 1.29 is 0 Å². The molecule has 0 aliphatic carbocycles. The number of nitrogens with zero attached hydrogens (tertiary/aromatic N) is 4. The van der Waals surface area contributed by atoms with Gasteiger partial charge in [0.25, 0.3) is 0 Å². The Labute approximate surface area is 146 Å². The molecule has 0 saturated carbocycles. The van der Waals surface area contributed by atoms with Crippen LogP contribution in [0, 0.1) is 0 Å². The summed E-state index contributed by atoms with van der Waals surface area (Å²) in [6, 6.07) is 15.8. The molecule has 0 fully saturated rings. The lowest BCUT2D eigenvalue weighted by Gasteiger charge is -2.21. The van der Waals surface area contributed by atoms with E-state index in [0.717, 1.165) is 19.6 Å². The Hall–Kier alpha value is -2.15. The van der Waals surface area contributed by atoms with Crippen molar-refractivity contribution in [3.8, 4) is 0 Å². The summed E-state index contributed by atoms with van der Waals surface area (Å²) < 4.78 is 3.08. The van der Waals surface area contributed by atoms with Gasteiger partial charge in [-0.15, -0.1) is 17.5 Å². The van der Waals surface area contributed by atoms with Gasteiger partial charge < -0.3 is 5.73 Å². The van der Waals surface area contributed by atoms with Crippen LogP contribution in [0.5, 0.6) is 0 Å². The van der Waals surface area contributed by atoms with E-state index in [1.165, 1.54) is 10.2 Å². The number of aromatic nitrogens is 3. The number of pyridine rings is 1. The lowest BCUT2D eigenvalue weighted by atomic mass is 10.2. The fraction of sp³-hybridized carbons (Fsp3) is 0.294. The molecular formula is C17H22ClN5O. The minimum atomic E-state index is -0.104. The first kappa shape index (κ1) is 18.2. The minimum absolute atomic E-state index is 0. The summed E-state index contributed by atoms with van der Waals surface area (Å²) >= 11 is 0. The van der Waals surface area contributed by atoms with Crippen LogP contribution in [-0.4, -0.2) is 38.7 Å². The minimum Gasteiger partial charge on any atom is -0.329 e. The third-order valence-corrected chi connectivity index (χ3v) is 3.81. The first-order chi connectivity index (χ1) is 11.3. The van der Waals surface area contributed by atoms with Crippen molar-refractivity contribution in [1.82, 2.24) is 19.1 Å². The van der Waals surface area contributed by atoms with E-state index in [1.807, 2.05) is 36.4 Å². The lowest BCUT2D eigenvalue weighted by molar-refractivity contribution is 0.256. The molecule has 0 spiro atoms. The molecule has 0 bridgehead atoms. The Morgan fingerprint density at radius 2 is 1.79 bits per heavy atom. The summed E-state index contributed by atoms with van der Waals surface area (Å²) in [5.41, 5.74) is 7.52. The van der Waals surface area contributed by atoms with Crippen molar-refractivity contribution >= 4 is 18.1 Å². The van der Waals surface area contributed by atoms with E-state index in [1.54, 1.807) is 10.6 Å². The Balaban J connectivity index is 0.00000208. The van der Waals surface area contributed by atoms with Gasteiger partial charge in [-0.3, -0.25) is 9.30 Å². The van der Waals surface area contributed by atoms with Crippen LogP contribution in [0.4, 0.5) is 0 Å². The third kappa shape index (κ3) is 4.23. The second-order valence-electron chi connectivity index (χ2n) is 5.48. The molecular weight excluding hydrogens is 326 g/mol. The second-order valence-corrected chi connectivity index (χ2v) is 5.48. The number of benzene rings is 1. The van der Waals surface area contributed by atoms with Gasteiger partial charge in [-0.25, -0.2) is 9.48 Å². The Morgan fingerprint density at radius 1 is 1.04 bits per heavy atom. The lowest BCUT2D eigenvalue weighted by Crippen LogP contribution is -2.34. The number of hydrogen-bond donors (Lipinski definition) is 1. The van der Waals surface area contributed by atoms with Gasteiger partial charge in [-0.1, -0.05) is 36.4 Å². The predicted octanol–water partition coefficient (Wildman–Crippen LogP) is 1.38. The largest absolute Gasteiger partial charge is 0.350 e. The first-order valence-corrected chi connectivity index (χ1v) is 7.78. The highest BCUT2D eigenvalue weighted by atomic mass is 35.5. The van der Waals surface area contributed by atoms with Crippen LogP contribution in [0.25, 0.3) is 5.65 Å². The zero-order chi connectivity index (χ0) is 16.1. The maximum absolute atomic E-state index is 12.3. The molecule has 128 valence electrons. The van der Waals surface area contributed by atoms with Gasteiger partial charge in [-0.05, 0) is 17.7 Å². The first-order valence-electron chi connectivity index (χ1n) is 7.78. The van der Waals surface area contributed by atoms with Gasteiger partial charge in [-0.2, -0.15) is 0 Å². The van der Waals surface area contributed by atoms with Gasteiger partial charge in [0.15, 0.2) is 5.65 Å². The Kier molecular flexibility index (Phi) is 6.54. The summed E-state index contributed by atoms with van der Waals surface area (Å²) in [5.74, 6) is 0.